The maximum absolute atomic E-state index is 6.46. The van der Waals surface area contributed by atoms with Crippen LogP contribution in [0, 0.1) is 0 Å². The number of nitrogens with two attached hydrogens (primary N) is 1. The highest BCUT2D eigenvalue weighted by Gasteiger charge is 2.13. The molecular weight excluding hydrogens is 264 g/mol. The molecule has 0 radical (unpaired) electrons. The van der Waals surface area contributed by atoms with Crippen molar-refractivity contribution in [2.24, 2.45) is 5.73 Å². The van der Waals surface area contributed by atoms with Crippen LogP contribution in [0.2, 0.25) is 0 Å². The van der Waals surface area contributed by atoms with E-state index in [1.807, 2.05) is 14.1 Å². The van der Waals surface area contributed by atoms with Gasteiger partial charge in [0, 0.05) is 24.5 Å². The summed E-state index contributed by atoms with van der Waals surface area (Å²) in [7, 11) is 4.09. The molecule has 2 N–H and O–H groups in total. The van der Waals surface area contributed by atoms with Gasteiger partial charge in [-0.1, -0.05) is 30.3 Å². The third kappa shape index (κ3) is 2.30. The van der Waals surface area contributed by atoms with Gasteiger partial charge < -0.3 is 10.6 Å². The predicted octanol–water partition coefficient (Wildman–Crippen LogP) is 4.02. The van der Waals surface area contributed by atoms with E-state index >= 15 is 0 Å². The molecule has 3 aromatic rings. The summed E-state index contributed by atoms with van der Waals surface area (Å²) in [4.78, 5) is 2.09. The van der Waals surface area contributed by atoms with E-state index in [-0.39, 0.29) is 6.04 Å². The molecular formula is C17H18N2S. The van der Waals surface area contributed by atoms with Crippen LogP contribution >= 0.6 is 11.3 Å². The second-order valence-corrected chi connectivity index (χ2v) is 6.07. The lowest BCUT2D eigenvalue weighted by atomic mass is 9.98. The highest BCUT2D eigenvalue weighted by atomic mass is 32.1. The molecule has 2 aromatic carbocycles. The Labute approximate surface area is 123 Å². The van der Waals surface area contributed by atoms with Crippen LogP contribution in [0.3, 0.4) is 0 Å². The molecule has 2 nitrogen and oxygen atoms in total. The van der Waals surface area contributed by atoms with Gasteiger partial charge in [0.15, 0.2) is 0 Å². The van der Waals surface area contributed by atoms with Crippen molar-refractivity contribution in [1.29, 1.82) is 0 Å². The number of anilines is 1. The van der Waals surface area contributed by atoms with E-state index in [4.69, 9.17) is 5.73 Å². The minimum Gasteiger partial charge on any atom is -0.378 e. The molecule has 0 fully saturated rings. The van der Waals surface area contributed by atoms with Crippen molar-refractivity contribution in [2.45, 2.75) is 6.04 Å². The topological polar surface area (TPSA) is 29.3 Å². The van der Waals surface area contributed by atoms with Gasteiger partial charge in [-0.3, -0.25) is 0 Å². The molecule has 1 unspecified atom stereocenters. The van der Waals surface area contributed by atoms with Crippen molar-refractivity contribution in [3.8, 4) is 0 Å². The fourth-order valence-corrected chi connectivity index (χ4v) is 3.37. The third-order valence-corrected chi connectivity index (χ3v) is 4.59. The van der Waals surface area contributed by atoms with Gasteiger partial charge in [0.05, 0.1) is 6.04 Å². The molecule has 102 valence electrons. The van der Waals surface area contributed by atoms with Crippen molar-refractivity contribution in [1.82, 2.24) is 0 Å². The Morgan fingerprint density at radius 3 is 2.45 bits per heavy atom. The molecule has 0 saturated heterocycles. The lowest BCUT2D eigenvalue weighted by Crippen LogP contribution is -2.13. The van der Waals surface area contributed by atoms with Crippen LogP contribution in [0.15, 0.2) is 53.9 Å². The first-order chi connectivity index (χ1) is 9.66. The summed E-state index contributed by atoms with van der Waals surface area (Å²) in [5.74, 6) is 0. The van der Waals surface area contributed by atoms with Crippen LogP contribution in [-0.2, 0) is 0 Å². The van der Waals surface area contributed by atoms with Gasteiger partial charge in [-0.15, -0.1) is 11.3 Å². The first-order valence-electron chi connectivity index (χ1n) is 6.66. The summed E-state index contributed by atoms with van der Waals surface area (Å²) in [6, 6.07) is 16.9. The molecule has 0 saturated carbocycles. The van der Waals surface area contributed by atoms with Gasteiger partial charge in [0.2, 0.25) is 0 Å². The van der Waals surface area contributed by atoms with Crippen molar-refractivity contribution in [3.05, 3.63) is 65.0 Å². The molecule has 0 aliphatic rings. The van der Waals surface area contributed by atoms with Gasteiger partial charge in [0.1, 0.15) is 0 Å². The second kappa shape index (κ2) is 5.27. The quantitative estimate of drug-likeness (QED) is 0.786. The van der Waals surface area contributed by atoms with E-state index in [0.717, 1.165) is 5.56 Å². The van der Waals surface area contributed by atoms with E-state index in [1.165, 1.54) is 21.3 Å². The SMILES string of the molecule is CN(C)c1ccc(C(N)c2cccc3ccsc23)cc1. The Hall–Kier alpha value is -1.84. The van der Waals surface area contributed by atoms with Crippen molar-refractivity contribution >= 4 is 27.1 Å². The minimum atomic E-state index is -0.0754. The van der Waals surface area contributed by atoms with Crippen LogP contribution in [0.25, 0.3) is 10.1 Å². The first kappa shape index (κ1) is 13.2. The number of hydrogen-bond donors (Lipinski definition) is 1. The van der Waals surface area contributed by atoms with Gasteiger partial charge >= 0.3 is 0 Å². The van der Waals surface area contributed by atoms with E-state index in [2.05, 4.69) is 58.8 Å². The van der Waals surface area contributed by atoms with Crippen LogP contribution in [0.1, 0.15) is 17.2 Å². The molecule has 0 amide bonds. The number of benzene rings is 2. The van der Waals surface area contributed by atoms with E-state index < -0.39 is 0 Å². The molecule has 0 aliphatic heterocycles. The summed E-state index contributed by atoms with van der Waals surface area (Å²) in [6.45, 7) is 0. The normalized spacial score (nSPS) is 12.6. The zero-order valence-corrected chi connectivity index (χ0v) is 12.5. The Kier molecular flexibility index (Phi) is 3.47. The molecule has 1 aromatic heterocycles. The van der Waals surface area contributed by atoms with Gasteiger partial charge in [-0.05, 0) is 40.1 Å². The summed E-state index contributed by atoms with van der Waals surface area (Å²) >= 11 is 1.76. The lowest BCUT2D eigenvalue weighted by Gasteiger charge is -2.16. The molecule has 0 spiro atoms. The number of nitrogens with zero attached hydrogens (tertiary/aromatic N) is 1. The number of thiophene rings is 1. The number of rotatable bonds is 3. The zero-order chi connectivity index (χ0) is 14.1. The Morgan fingerprint density at radius 2 is 1.75 bits per heavy atom. The number of hydrogen-bond acceptors (Lipinski definition) is 3. The minimum absolute atomic E-state index is 0.0754. The Bertz CT molecular complexity index is 713. The molecule has 20 heavy (non-hydrogen) atoms. The molecule has 0 bridgehead atoms. The second-order valence-electron chi connectivity index (χ2n) is 5.15. The fraction of sp³-hybridized carbons (Fsp3) is 0.176. The fourth-order valence-electron chi connectivity index (χ4n) is 2.42. The standard InChI is InChI=1S/C17H18N2S/c1-19(2)14-8-6-12(7-9-14)16(18)15-5-3-4-13-10-11-20-17(13)15/h3-11,16H,18H2,1-2H3. The Balaban J connectivity index is 1.99. The third-order valence-electron chi connectivity index (χ3n) is 3.61. The maximum Gasteiger partial charge on any atom is 0.0565 e. The summed E-state index contributed by atoms with van der Waals surface area (Å²) in [5, 5.41) is 3.39. The smallest absolute Gasteiger partial charge is 0.0565 e. The van der Waals surface area contributed by atoms with Crippen LogP contribution < -0.4 is 10.6 Å². The van der Waals surface area contributed by atoms with Crippen LogP contribution in [-0.4, -0.2) is 14.1 Å². The predicted molar refractivity (Wildman–Crippen MR) is 88.6 cm³/mol. The summed E-state index contributed by atoms with van der Waals surface area (Å²) in [6.07, 6.45) is 0. The van der Waals surface area contributed by atoms with Crippen molar-refractivity contribution < 1.29 is 0 Å². The summed E-state index contributed by atoms with van der Waals surface area (Å²) in [5.41, 5.74) is 10.0. The van der Waals surface area contributed by atoms with Gasteiger partial charge in [0.25, 0.3) is 0 Å². The highest BCUT2D eigenvalue weighted by Crippen LogP contribution is 2.31. The van der Waals surface area contributed by atoms with Crippen molar-refractivity contribution in [2.75, 3.05) is 19.0 Å². The largest absolute Gasteiger partial charge is 0.378 e. The zero-order valence-electron chi connectivity index (χ0n) is 11.7. The molecule has 3 rings (SSSR count). The monoisotopic (exact) mass is 282 g/mol. The number of fused-ring (bicyclic) bond motifs is 1. The van der Waals surface area contributed by atoms with Crippen LogP contribution in [0.4, 0.5) is 5.69 Å². The van der Waals surface area contributed by atoms with Crippen molar-refractivity contribution in [3.63, 3.8) is 0 Å². The highest BCUT2D eigenvalue weighted by molar-refractivity contribution is 7.17. The van der Waals surface area contributed by atoms with Gasteiger partial charge in [-0.25, -0.2) is 0 Å². The molecule has 3 heteroatoms. The van der Waals surface area contributed by atoms with E-state index in [1.54, 1.807) is 11.3 Å². The molecule has 0 aliphatic carbocycles. The van der Waals surface area contributed by atoms with E-state index in [9.17, 15) is 0 Å². The van der Waals surface area contributed by atoms with Gasteiger partial charge in [-0.2, -0.15) is 0 Å². The van der Waals surface area contributed by atoms with E-state index in [0.29, 0.717) is 0 Å². The average molecular weight is 282 g/mol. The summed E-state index contributed by atoms with van der Waals surface area (Å²) < 4.78 is 1.29. The maximum atomic E-state index is 6.46. The average Bonchev–Trinajstić information content (AvgIpc) is 2.95. The molecule has 1 atom stereocenters. The Morgan fingerprint density at radius 1 is 1.00 bits per heavy atom. The van der Waals surface area contributed by atoms with Crippen LogP contribution in [0.5, 0.6) is 0 Å². The molecule has 1 heterocycles. The lowest BCUT2D eigenvalue weighted by molar-refractivity contribution is 0.882. The first-order valence-corrected chi connectivity index (χ1v) is 7.54.